The number of hydrogen-bond acceptors (Lipinski definition) is 7. The van der Waals surface area contributed by atoms with Gasteiger partial charge in [-0.1, -0.05) is 5.16 Å². The Morgan fingerprint density at radius 1 is 1.32 bits per heavy atom. The smallest absolute Gasteiger partial charge is 0.241 e. The summed E-state index contributed by atoms with van der Waals surface area (Å²) in [5.74, 6) is 0.919. The van der Waals surface area contributed by atoms with E-state index in [4.69, 9.17) is 14.4 Å². The van der Waals surface area contributed by atoms with Crippen LogP contribution in [0.2, 0.25) is 0 Å². The SMILES string of the molecule is COC[C@H](C)Nc1ncc2c(-c3conc3C)cc([C@H]3CC[C@H](O)CC3)n2n1. The van der Waals surface area contributed by atoms with Gasteiger partial charge in [0, 0.05) is 35.9 Å². The summed E-state index contributed by atoms with van der Waals surface area (Å²) >= 11 is 0. The summed E-state index contributed by atoms with van der Waals surface area (Å²) in [6, 6.07) is 2.28. The Balaban J connectivity index is 1.77. The van der Waals surface area contributed by atoms with Crippen molar-refractivity contribution in [3.05, 3.63) is 29.9 Å². The van der Waals surface area contributed by atoms with Crippen molar-refractivity contribution in [2.24, 2.45) is 0 Å². The monoisotopic (exact) mass is 385 g/mol. The molecular weight excluding hydrogens is 358 g/mol. The zero-order chi connectivity index (χ0) is 19.7. The molecule has 28 heavy (non-hydrogen) atoms. The average Bonchev–Trinajstić information content (AvgIpc) is 3.25. The molecule has 8 nitrogen and oxygen atoms in total. The van der Waals surface area contributed by atoms with E-state index in [1.165, 1.54) is 0 Å². The lowest BCUT2D eigenvalue weighted by atomic mass is 9.85. The molecule has 0 saturated heterocycles. The molecule has 0 amide bonds. The van der Waals surface area contributed by atoms with Gasteiger partial charge >= 0.3 is 0 Å². The number of ether oxygens (including phenoxy) is 1. The van der Waals surface area contributed by atoms with Gasteiger partial charge in [-0.05, 0) is 45.6 Å². The lowest BCUT2D eigenvalue weighted by molar-refractivity contribution is 0.121. The van der Waals surface area contributed by atoms with E-state index in [1.807, 2.05) is 24.6 Å². The zero-order valence-electron chi connectivity index (χ0n) is 16.6. The van der Waals surface area contributed by atoms with Gasteiger partial charge in [0.2, 0.25) is 5.95 Å². The van der Waals surface area contributed by atoms with Crippen molar-refractivity contribution in [2.45, 2.75) is 57.6 Å². The molecule has 150 valence electrons. The molecule has 0 spiro atoms. The second-order valence-corrected chi connectivity index (χ2v) is 7.68. The van der Waals surface area contributed by atoms with Crippen LogP contribution in [0.4, 0.5) is 5.95 Å². The van der Waals surface area contributed by atoms with Gasteiger partial charge in [-0.2, -0.15) is 0 Å². The molecule has 3 heterocycles. The second-order valence-electron chi connectivity index (χ2n) is 7.68. The number of nitrogens with zero attached hydrogens (tertiary/aromatic N) is 4. The van der Waals surface area contributed by atoms with Crippen LogP contribution in [0.15, 0.2) is 23.0 Å². The molecule has 0 aromatic carbocycles. The van der Waals surface area contributed by atoms with Crippen molar-refractivity contribution in [1.82, 2.24) is 19.8 Å². The number of aryl methyl sites for hydroxylation is 1. The highest BCUT2D eigenvalue weighted by molar-refractivity contribution is 5.82. The number of aliphatic hydroxyl groups is 1. The van der Waals surface area contributed by atoms with Gasteiger partial charge in [0.05, 0.1) is 30.1 Å². The standard InChI is InChI=1S/C20H27N5O3/c1-12(10-27-3)22-20-21-9-19-16(17-11-28-24-13(17)2)8-18(25(19)23-20)14-4-6-15(26)7-5-14/h8-9,11-12,14-15,26H,4-7,10H2,1-3H3,(H,22,23)/t12-,14-,15-/m0/s1. The molecular formula is C20H27N5O3. The van der Waals surface area contributed by atoms with Crippen LogP contribution in [0.1, 0.15) is 49.9 Å². The molecule has 3 aromatic heterocycles. The van der Waals surface area contributed by atoms with Gasteiger partial charge in [0.15, 0.2) is 0 Å². The molecule has 4 rings (SSSR count). The highest BCUT2D eigenvalue weighted by Crippen LogP contribution is 2.38. The highest BCUT2D eigenvalue weighted by Gasteiger charge is 2.26. The van der Waals surface area contributed by atoms with Gasteiger partial charge in [0.25, 0.3) is 0 Å². The van der Waals surface area contributed by atoms with E-state index >= 15 is 0 Å². The normalized spacial score (nSPS) is 21.1. The predicted molar refractivity (Wildman–Crippen MR) is 105 cm³/mol. The van der Waals surface area contributed by atoms with Crippen LogP contribution in [0.5, 0.6) is 0 Å². The molecule has 0 aliphatic heterocycles. The maximum Gasteiger partial charge on any atom is 0.241 e. The van der Waals surface area contributed by atoms with Crippen molar-refractivity contribution >= 4 is 11.5 Å². The third-order valence-corrected chi connectivity index (χ3v) is 5.49. The minimum atomic E-state index is -0.191. The quantitative estimate of drug-likeness (QED) is 0.672. The highest BCUT2D eigenvalue weighted by atomic mass is 16.5. The maximum atomic E-state index is 9.90. The molecule has 3 aromatic rings. The lowest BCUT2D eigenvalue weighted by Gasteiger charge is -2.25. The van der Waals surface area contributed by atoms with Crippen molar-refractivity contribution in [3.63, 3.8) is 0 Å². The molecule has 1 aliphatic rings. The van der Waals surface area contributed by atoms with Crippen LogP contribution in [0.3, 0.4) is 0 Å². The molecule has 1 aliphatic carbocycles. The third kappa shape index (κ3) is 3.62. The summed E-state index contributed by atoms with van der Waals surface area (Å²) in [6.45, 7) is 4.54. The molecule has 2 N–H and O–H groups in total. The number of nitrogens with one attached hydrogen (secondary N) is 1. The molecule has 0 unspecified atom stereocenters. The van der Waals surface area contributed by atoms with Gasteiger partial charge < -0.3 is 19.7 Å². The molecule has 8 heteroatoms. The van der Waals surface area contributed by atoms with E-state index in [9.17, 15) is 5.11 Å². The van der Waals surface area contributed by atoms with Crippen LogP contribution < -0.4 is 5.32 Å². The fourth-order valence-corrected chi connectivity index (χ4v) is 4.02. The Bertz CT molecular complexity index is 943. The van der Waals surface area contributed by atoms with Crippen molar-refractivity contribution in [2.75, 3.05) is 19.0 Å². The maximum absolute atomic E-state index is 9.90. The molecule has 1 fully saturated rings. The third-order valence-electron chi connectivity index (χ3n) is 5.49. The van der Waals surface area contributed by atoms with Crippen molar-refractivity contribution in [3.8, 4) is 11.1 Å². The molecule has 0 bridgehead atoms. The van der Waals surface area contributed by atoms with Crippen LogP contribution >= 0.6 is 0 Å². The lowest BCUT2D eigenvalue weighted by Crippen LogP contribution is -2.23. The van der Waals surface area contributed by atoms with Gasteiger partial charge in [-0.25, -0.2) is 9.50 Å². The first-order chi connectivity index (χ1) is 13.6. The number of anilines is 1. The largest absolute Gasteiger partial charge is 0.393 e. The zero-order valence-corrected chi connectivity index (χ0v) is 16.6. The first-order valence-electron chi connectivity index (χ1n) is 9.80. The second kappa shape index (κ2) is 7.89. The van der Waals surface area contributed by atoms with Crippen LogP contribution in [0, 0.1) is 6.92 Å². The van der Waals surface area contributed by atoms with Crippen LogP contribution in [-0.4, -0.2) is 50.7 Å². The van der Waals surface area contributed by atoms with Crippen LogP contribution in [0.25, 0.3) is 16.6 Å². The number of aliphatic hydroxyl groups excluding tert-OH is 1. The summed E-state index contributed by atoms with van der Waals surface area (Å²) in [4.78, 5) is 4.51. The number of methoxy groups -OCH3 is 1. The van der Waals surface area contributed by atoms with Crippen molar-refractivity contribution in [1.29, 1.82) is 0 Å². The summed E-state index contributed by atoms with van der Waals surface area (Å²) in [5.41, 5.74) is 4.89. The first kappa shape index (κ1) is 18.9. The fourth-order valence-electron chi connectivity index (χ4n) is 4.02. The Kier molecular flexibility index (Phi) is 5.32. The Labute approximate surface area is 163 Å². The minimum Gasteiger partial charge on any atom is -0.393 e. The number of rotatable bonds is 6. The van der Waals surface area contributed by atoms with E-state index in [2.05, 4.69) is 21.5 Å². The average molecular weight is 385 g/mol. The van der Waals surface area contributed by atoms with E-state index in [0.29, 0.717) is 18.5 Å². The topological polar surface area (TPSA) is 97.7 Å². The summed E-state index contributed by atoms with van der Waals surface area (Å²) in [6.07, 6.45) is 6.86. The summed E-state index contributed by atoms with van der Waals surface area (Å²) < 4.78 is 12.3. The fraction of sp³-hybridized carbons (Fsp3) is 0.550. The predicted octanol–water partition coefficient (Wildman–Crippen LogP) is 3.16. The van der Waals surface area contributed by atoms with E-state index < -0.39 is 0 Å². The van der Waals surface area contributed by atoms with Gasteiger partial charge in [-0.3, -0.25) is 0 Å². The van der Waals surface area contributed by atoms with Gasteiger partial charge in [0.1, 0.15) is 6.26 Å². The first-order valence-corrected chi connectivity index (χ1v) is 9.80. The number of hydrogen-bond donors (Lipinski definition) is 2. The van der Waals surface area contributed by atoms with E-state index in [1.54, 1.807) is 13.4 Å². The Hall–Kier alpha value is -2.45. The Morgan fingerprint density at radius 3 is 2.79 bits per heavy atom. The summed E-state index contributed by atoms with van der Waals surface area (Å²) in [5, 5.41) is 22.0. The molecule has 1 saturated carbocycles. The van der Waals surface area contributed by atoms with Gasteiger partial charge in [-0.15, -0.1) is 5.10 Å². The Morgan fingerprint density at radius 2 is 2.11 bits per heavy atom. The number of aromatic nitrogens is 4. The van der Waals surface area contributed by atoms with Crippen molar-refractivity contribution < 1.29 is 14.4 Å². The molecule has 0 radical (unpaired) electrons. The minimum absolute atomic E-state index is 0.103. The van der Waals surface area contributed by atoms with Crippen LogP contribution in [-0.2, 0) is 4.74 Å². The van der Waals surface area contributed by atoms with E-state index in [0.717, 1.165) is 53.7 Å². The molecule has 1 atom stereocenters. The summed E-state index contributed by atoms with van der Waals surface area (Å²) in [7, 11) is 1.68. The van der Waals surface area contributed by atoms with E-state index in [-0.39, 0.29) is 12.1 Å². The number of fused-ring (bicyclic) bond motifs is 1.